The number of nitrogens with zero attached hydrogens (tertiary/aromatic N) is 5. The molecule has 1 unspecified atom stereocenters. The van der Waals surface area contributed by atoms with E-state index in [-0.39, 0.29) is 17.9 Å². The van der Waals surface area contributed by atoms with Gasteiger partial charge in [-0.05, 0) is 45.5 Å². The van der Waals surface area contributed by atoms with Crippen molar-refractivity contribution in [1.29, 1.82) is 0 Å². The number of carbonyl (C=O) groups is 2. The maximum absolute atomic E-state index is 13.7. The number of anilines is 3. The number of pyridine rings is 1. The van der Waals surface area contributed by atoms with Gasteiger partial charge in [0, 0.05) is 37.3 Å². The van der Waals surface area contributed by atoms with E-state index >= 15 is 0 Å². The summed E-state index contributed by atoms with van der Waals surface area (Å²) in [6, 6.07) is 3.72. The number of amides is 2. The van der Waals surface area contributed by atoms with E-state index in [9.17, 15) is 9.59 Å². The molecule has 2 amide bonds. The Balaban J connectivity index is 1.38. The van der Waals surface area contributed by atoms with Gasteiger partial charge in [-0.3, -0.25) is 14.5 Å². The minimum atomic E-state index is -1.03. The van der Waals surface area contributed by atoms with Crippen molar-refractivity contribution < 1.29 is 14.3 Å². The summed E-state index contributed by atoms with van der Waals surface area (Å²) >= 11 is 0. The summed E-state index contributed by atoms with van der Waals surface area (Å²) in [4.78, 5) is 43.9. The van der Waals surface area contributed by atoms with Gasteiger partial charge in [-0.2, -0.15) is 4.98 Å². The average Bonchev–Trinajstić information content (AvgIpc) is 3.47. The molecule has 2 aromatic heterocycles. The predicted molar refractivity (Wildman–Crippen MR) is 127 cm³/mol. The fraction of sp³-hybridized carbons (Fsp3) is 0.542. The van der Waals surface area contributed by atoms with E-state index < -0.39 is 5.41 Å². The van der Waals surface area contributed by atoms with Gasteiger partial charge in [-0.25, -0.2) is 9.97 Å². The summed E-state index contributed by atoms with van der Waals surface area (Å²) < 4.78 is 5.69. The molecule has 0 bridgehead atoms. The topological polar surface area (TPSA) is 113 Å². The molecule has 10 heteroatoms. The van der Waals surface area contributed by atoms with Gasteiger partial charge in [0.2, 0.25) is 17.8 Å². The second-order valence-corrected chi connectivity index (χ2v) is 9.58. The monoisotopic (exact) mass is 465 g/mol. The van der Waals surface area contributed by atoms with E-state index in [1.54, 1.807) is 17.3 Å². The lowest BCUT2D eigenvalue weighted by atomic mass is 9.76. The number of carbonyl (C=O) groups excluding carboxylic acids is 2. The van der Waals surface area contributed by atoms with E-state index in [1.165, 1.54) is 0 Å². The van der Waals surface area contributed by atoms with Gasteiger partial charge in [-0.15, -0.1) is 0 Å². The van der Waals surface area contributed by atoms with Gasteiger partial charge >= 0.3 is 0 Å². The Morgan fingerprint density at radius 1 is 1.21 bits per heavy atom. The van der Waals surface area contributed by atoms with Crippen molar-refractivity contribution in [2.45, 2.75) is 44.6 Å². The summed E-state index contributed by atoms with van der Waals surface area (Å²) in [5, 5.41) is 6.00. The number of likely N-dealkylation sites (N-methyl/N-ethyl adjacent to an activating group) is 1. The Labute approximate surface area is 199 Å². The van der Waals surface area contributed by atoms with Crippen molar-refractivity contribution in [2.75, 3.05) is 44.0 Å². The van der Waals surface area contributed by atoms with E-state index in [2.05, 4.69) is 25.5 Å². The van der Waals surface area contributed by atoms with Crippen LogP contribution in [0.3, 0.4) is 0 Å². The van der Waals surface area contributed by atoms with Crippen LogP contribution in [0.25, 0.3) is 0 Å². The molecule has 180 valence electrons. The summed E-state index contributed by atoms with van der Waals surface area (Å²) in [6.45, 7) is 1.93. The highest BCUT2D eigenvalue weighted by atomic mass is 16.5. The fourth-order valence-corrected chi connectivity index (χ4v) is 5.07. The van der Waals surface area contributed by atoms with Gasteiger partial charge in [-0.1, -0.05) is 12.8 Å². The number of ether oxygens (including phenoxy) is 1. The van der Waals surface area contributed by atoms with Crippen molar-refractivity contribution in [3.8, 4) is 5.75 Å². The Morgan fingerprint density at radius 3 is 2.71 bits per heavy atom. The van der Waals surface area contributed by atoms with E-state index in [0.717, 1.165) is 37.8 Å². The van der Waals surface area contributed by atoms with Gasteiger partial charge in [0.25, 0.3) is 0 Å². The summed E-state index contributed by atoms with van der Waals surface area (Å²) in [5.41, 5.74) is -0.190. The number of rotatable bonds is 7. The van der Waals surface area contributed by atoms with E-state index in [1.807, 2.05) is 26.2 Å². The molecule has 0 aromatic carbocycles. The number of hydrogen-bond donors (Lipinski definition) is 2. The molecule has 1 spiro atoms. The molecule has 10 nitrogen and oxygen atoms in total. The first-order valence-electron chi connectivity index (χ1n) is 11.9. The third kappa shape index (κ3) is 4.18. The molecule has 0 radical (unpaired) electrons. The zero-order valence-corrected chi connectivity index (χ0v) is 19.7. The molecule has 4 heterocycles. The van der Waals surface area contributed by atoms with E-state index in [0.29, 0.717) is 49.3 Å². The van der Waals surface area contributed by atoms with Gasteiger partial charge in [0.1, 0.15) is 29.4 Å². The van der Waals surface area contributed by atoms with Crippen LogP contribution in [0.5, 0.6) is 5.75 Å². The lowest BCUT2D eigenvalue weighted by molar-refractivity contribution is -0.140. The van der Waals surface area contributed by atoms with Crippen molar-refractivity contribution in [2.24, 2.45) is 5.41 Å². The normalized spacial score (nSPS) is 22.4. The smallest absolute Gasteiger partial charge is 0.244 e. The maximum Gasteiger partial charge on any atom is 0.244 e. The molecule has 2 aliphatic heterocycles. The highest BCUT2D eigenvalue weighted by molar-refractivity contribution is 6.14. The van der Waals surface area contributed by atoms with Crippen LogP contribution >= 0.6 is 0 Å². The zero-order valence-electron chi connectivity index (χ0n) is 19.7. The summed E-state index contributed by atoms with van der Waals surface area (Å²) in [7, 11) is 3.99. The molecule has 1 atom stereocenters. The van der Waals surface area contributed by atoms with Crippen LogP contribution in [0.15, 0.2) is 24.5 Å². The van der Waals surface area contributed by atoms with Gasteiger partial charge < -0.3 is 20.3 Å². The first kappa shape index (κ1) is 22.5. The molecule has 2 N–H and O–H groups in total. The summed E-state index contributed by atoms with van der Waals surface area (Å²) in [6.07, 6.45) is 8.25. The summed E-state index contributed by atoms with van der Waals surface area (Å²) in [5.74, 6) is 1.96. The highest BCUT2D eigenvalue weighted by Crippen LogP contribution is 2.44. The standard InChI is InChI=1S/C24H31N7O3/c1-30(2)11-12-34-18-7-8-19(26-15-18)28-23-27-14-16-13-24(9-10-25-21(24)32)22(33)31(20(16)29-23)17-5-3-4-6-17/h7-8,14-15,17H,3-6,9-13H2,1-2H3,(H,25,32)(H,26,27,28,29). The van der Waals surface area contributed by atoms with Crippen LogP contribution in [0.4, 0.5) is 17.6 Å². The van der Waals surface area contributed by atoms with Gasteiger partial charge in [0.05, 0.1) is 6.20 Å². The Bertz CT molecular complexity index is 1070. The Hall–Kier alpha value is -3.27. The minimum absolute atomic E-state index is 0.0660. The van der Waals surface area contributed by atoms with Crippen molar-refractivity contribution in [1.82, 2.24) is 25.2 Å². The first-order valence-corrected chi connectivity index (χ1v) is 11.9. The number of nitrogens with one attached hydrogen (secondary N) is 2. The molecule has 2 fully saturated rings. The molecule has 1 aliphatic carbocycles. The van der Waals surface area contributed by atoms with Crippen LogP contribution in [0.2, 0.25) is 0 Å². The molecule has 3 aliphatic rings. The van der Waals surface area contributed by atoms with Crippen LogP contribution in [-0.2, 0) is 16.0 Å². The molecular weight excluding hydrogens is 434 g/mol. The van der Waals surface area contributed by atoms with Gasteiger partial charge in [0.15, 0.2) is 0 Å². The lowest BCUT2D eigenvalue weighted by Gasteiger charge is -2.40. The van der Waals surface area contributed by atoms with Crippen LogP contribution < -0.4 is 20.3 Å². The SMILES string of the molecule is CN(C)CCOc1ccc(Nc2ncc3c(n2)N(C2CCCC2)C(=O)C2(CCNC2=O)C3)nc1. The first-order chi connectivity index (χ1) is 16.5. The molecule has 5 rings (SSSR count). The van der Waals surface area contributed by atoms with Crippen LogP contribution in [-0.4, -0.2) is 71.5 Å². The largest absolute Gasteiger partial charge is 0.491 e. The fourth-order valence-electron chi connectivity index (χ4n) is 5.07. The molecule has 1 saturated heterocycles. The zero-order chi connectivity index (χ0) is 23.7. The second-order valence-electron chi connectivity index (χ2n) is 9.58. The van der Waals surface area contributed by atoms with Crippen molar-refractivity contribution in [3.05, 3.63) is 30.1 Å². The molecule has 1 saturated carbocycles. The average molecular weight is 466 g/mol. The minimum Gasteiger partial charge on any atom is -0.491 e. The van der Waals surface area contributed by atoms with Crippen molar-refractivity contribution >= 4 is 29.4 Å². The second kappa shape index (κ2) is 9.17. The number of aromatic nitrogens is 3. The Kier molecular flexibility index (Phi) is 6.07. The Morgan fingerprint density at radius 2 is 2.03 bits per heavy atom. The van der Waals surface area contributed by atoms with Crippen molar-refractivity contribution in [3.63, 3.8) is 0 Å². The predicted octanol–water partition coefficient (Wildman–Crippen LogP) is 1.89. The maximum atomic E-state index is 13.7. The third-order valence-corrected chi connectivity index (χ3v) is 6.94. The third-order valence-electron chi connectivity index (χ3n) is 6.94. The number of fused-ring (bicyclic) bond motifs is 1. The van der Waals surface area contributed by atoms with Crippen LogP contribution in [0.1, 0.15) is 37.7 Å². The molecule has 2 aromatic rings. The highest BCUT2D eigenvalue weighted by Gasteiger charge is 2.56. The quantitative estimate of drug-likeness (QED) is 0.596. The number of hydrogen-bond acceptors (Lipinski definition) is 8. The molecule has 34 heavy (non-hydrogen) atoms. The molecular formula is C24H31N7O3. The van der Waals surface area contributed by atoms with Crippen LogP contribution in [0, 0.1) is 5.41 Å². The van der Waals surface area contributed by atoms with E-state index in [4.69, 9.17) is 9.72 Å². The lowest BCUT2D eigenvalue weighted by Crippen LogP contribution is -2.56.